The van der Waals surface area contributed by atoms with E-state index in [0.717, 1.165) is 16.7 Å². The van der Waals surface area contributed by atoms with Gasteiger partial charge in [0.15, 0.2) is 10.8 Å². The predicted molar refractivity (Wildman–Crippen MR) is 298 cm³/mol. The minimum Gasteiger partial charge on any atom is -0.497 e. The largest absolute Gasteiger partial charge is 0.497 e. The van der Waals surface area contributed by atoms with Crippen LogP contribution in [-0.2, 0) is 49.9 Å². The molecule has 1 fully saturated rings. The van der Waals surface area contributed by atoms with Gasteiger partial charge < -0.3 is 34.2 Å². The second-order valence-electron chi connectivity index (χ2n) is 18.1. The Hall–Kier alpha value is -7.59. The maximum Gasteiger partial charge on any atom is 0.355 e. The molecule has 0 bridgehead atoms. The maximum atomic E-state index is 14.6. The van der Waals surface area contributed by atoms with E-state index in [2.05, 4.69) is 52.2 Å². The number of benzene rings is 6. The first-order chi connectivity index (χ1) is 36.9. The Morgan fingerprint density at radius 1 is 0.776 bits per heavy atom. The smallest absolute Gasteiger partial charge is 0.355 e. The fraction of sp³-hybridized carbons (Fsp3) is 0.203. The number of hydrogen-bond donors (Lipinski definition) is 2. The standard InChI is InChI=1S/C59H56N5O9PS2/c1-58(2,70-4)73-63-50(49-40-76-57(60-49)62-59(43-23-10-5-11-24-43,44-25-12-6-13-26-44)45-27-14-7-15-28-45)53(65)61-51-54(66)64-52(56(67)71-38-41-33-35-46(69-3)36-34-41)42(39-75-55(51)64)22-20-21-37-72-74(68,47-29-16-8-17-30-47)48-31-18-9-19-32-48/h5-21,23-36,40,51,55H,22,37-39H2,1-4H3,(H,60,62)(H,61,65)/b21-20+,63-50-/t51-,55+/m1/s1. The number of ether oxygens (including phenoxy) is 3. The zero-order valence-electron chi connectivity index (χ0n) is 42.2. The first kappa shape index (κ1) is 53.2. The van der Waals surface area contributed by atoms with E-state index >= 15 is 0 Å². The molecule has 14 nitrogen and oxygen atoms in total. The van der Waals surface area contributed by atoms with Crippen molar-refractivity contribution in [3.8, 4) is 5.75 Å². The van der Waals surface area contributed by atoms with Gasteiger partial charge in [-0.05, 0) is 70.6 Å². The number of β-lactam (4-membered cyclic amide) rings is 1. The van der Waals surface area contributed by atoms with E-state index in [9.17, 15) is 18.9 Å². The first-order valence-electron chi connectivity index (χ1n) is 24.4. The summed E-state index contributed by atoms with van der Waals surface area (Å²) in [7, 11) is -0.429. The summed E-state index contributed by atoms with van der Waals surface area (Å²) in [6, 6.07) is 54.4. The summed E-state index contributed by atoms with van der Waals surface area (Å²) in [4.78, 5) is 55.4. The molecule has 2 aliphatic heterocycles. The van der Waals surface area contributed by atoms with Crippen LogP contribution in [0.15, 0.2) is 210 Å². The van der Waals surface area contributed by atoms with Crippen LogP contribution in [0.3, 0.4) is 0 Å². The van der Waals surface area contributed by atoms with Crippen LogP contribution in [0.4, 0.5) is 5.13 Å². The van der Waals surface area contributed by atoms with Gasteiger partial charge in [-0.1, -0.05) is 157 Å². The summed E-state index contributed by atoms with van der Waals surface area (Å²) in [5, 5.41) is 13.6. The van der Waals surface area contributed by atoms with Gasteiger partial charge in [0.05, 0.1) is 13.7 Å². The number of carbonyl (C=O) groups excluding carboxylic acids is 3. The lowest BCUT2D eigenvalue weighted by Gasteiger charge is -2.49. The first-order valence-corrected chi connectivity index (χ1v) is 28.0. The maximum absolute atomic E-state index is 14.6. The van der Waals surface area contributed by atoms with Crippen molar-refractivity contribution in [2.24, 2.45) is 5.16 Å². The Kier molecular flexibility index (Phi) is 16.8. The fourth-order valence-electron chi connectivity index (χ4n) is 8.74. The number of esters is 1. The predicted octanol–water partition coefficient (Wildman–Crippen LogP) is 9.95. The van der Waals surface area contributed by atoms with Crippen molar-refractivity contribution in [3.63, 3.8) is 0 Å². The third-order valence-electron chi connectivity index (χ3n) is 12.9. The summed E-state index contributed by atoms with van der Waals surface area (Å²) in [6.07, 6.45) is 3.82. The van der Waals surface area contributed by atoms with E-state index in [1.807, 2.05) is 97.1 Å². The number of nitrogens with zero attached hydrogens (tertiary/aromatic N) is 3. The SMILES string of the molecule is COc1ccc(COC(=O)C2=C(C/C=C/COP(=O)(c3ccccc3)c3ccccc3)CS[C@H]3[C@H](NC(=O)/C(=N\OC(C)(C)OC)c4csc(NC(c5ccccc5)(c5ccccc5)c5ccccc5)n4)C(=O)N23)cc1. The summed E-state index contributed by atoms with van der Waals surface area (Å²) < 4.78 is 37.3. The van der Waals surface area contributed by atoms with E-state index in [-0.39, 0.29) is 36.7 Å². The zero-order chi connectivity index (χ0) is 53.1. The van der Waals surface area contributed by atoms with E-state index in [4.69, 9.17) is 28.6 Å². The van der Waals surface area contributed by atoms with Gasteiger partial charge in [-0.2, -0.15) is 0 Å². The highest BCUT2D eigenvalue weighted by Gasteiger charge is 2.55. The van der Waals surface area contributed by atoms with Gasteiger partial charge in [-0.15, -0.1) is 23.1 Å². The average Bonchev–Trinajstić information content (AvgIpc) is 4.00. The van der Waals surface area contributed by atoms with Crippen molar-refractivity contribution in [2.75, 3.05) is 31.9 Å². The molecular formula is C59H56N5O9PS2. The number of anilines is 1. The van der Waals surface area contributed by atoms with Crippen LogP contribution in [0, 0.1) is 0 Å². The molecule has 0 aliphatic carbocycles. The van der Waals surface area contributed by atoms with Crippen LogP contribution in [0.5, 0.6) is 5.75 Å². The molecule has 3 heterocycles. The Morgan fingerprint density at radius 3 is 1.87 bits per heavy atom. The second-order valence-corrected chi connectivity index (χ2v) is 22.4. The molecule has 2 N–H and O–H groups in total. The van der Waals surface area contributed by atoms with E-state index < -0.39 is 47.9 Å². The summed E-state index contributed by atoms with van der Waals surface area (Å²) in [5.74, 6) is -2.21. The molecule has 2 atom stereocenters. The number of methoxy groups -OCH3 is 2. The van der Waals surface area contributed by atoms with Crippen molar-refractivity contribution in [3.05, 3.63) is 233 Å². The van der Waals surface area contributed by atoms with Crippen LogP contribution >= 0.6 is 30.5 Å². The normalized spacial score (nSPS) is 15.9. The van der Waals surface area contributed by atoms with Crippen LogP contribution < -0.4 is 26.0 Å². The Labute approximate surface area is 450 Å². The van der Waals surface area contributed by atoms with Gasteiger partial charge in [0.2, 0.25) is 5.79 Å². The summed E-state index contributed by atoms with van der Waals surface area (Å²) in [6.45, 7) is 3.24. The molecule has 0 saturated carbocycles. The topological polar surface area (TPSA) is 167 Å². The lowest BCUT2D eigenvalue weighted by molar-refractivity contribution is -0.197. The third-order valence-corrected chi connectivity index (χ3v) is 17.4. The van der Waals surface area contributed by atoms with Crippen molar-refractivity contribution in [1.82, 2.24) is 15.2 Å². The molecule has 9 rings (SSSR count). The van der Waals surface area contributed by atoms with E-state index in [0.29, 0.717) is 38.4 Å². The van der Waals surface area contributed by atoms with Crippen molar-refractivity contribution >= 4 is 69.7 Å². The molecule has 0 radical (unpaired) electrons. The van der Waals surface area contributed by atoms with Gasteiger partial charge in [0.1, 0.15) is 40.7 Å². The van der Waals surface area contributed by atoms with E-state index in [1.165, 1.54) is 35.1 Å². The van der Waals surface area contributed by atoms with Gasteiger partial charge in [-0.25, -0.2) is 9.78 Å². The third kappa shape index (κ3) is 11.6. The van der Waals surface area contributed by atoms with Crippen LogP contribution in [0.2, 0.25) is 0 Å². The number of carbonyl (C=O) groups is 3. The molecule has 0 unspecified atom stereocenters. The number of allylic oxidation sites excluding steroid dienone is 1. The number of nitrogens with one attached hydrogen (secondary N) is 2. The average molecular weight is 1070 g/mol. The van der Waals surface area contributed by atoms with E-state index in [1.54, 1.807) is 80.9 Å². The number of fused-ring (bicyclic) bond motifs is 1. The number of aromatic nitrogens is 1. The molecule has 6 aromatic carbocycles. The molecule has 17 heteroatoms. The molecule has 2 aliphatic rings. The number of hydrogen-bond acceptors (Lipinski definition) is 14. The molecule has 388 valence electrons. The number of oxime groups is 1. The highest BCUT2D eigenvalue weighted by atomic mass is 32.2. The quantitative estimate of drug-likeness (QED) is 0.00966. The Bertz CT molecular complexity index is 3130. The molecule has 76 heavy (non-hydrogen) atoms. The van der Waals surface area contributed by atoms with Crippen LogP contribution in [0.25, 0.3) is 0 Å². The van der Waals surface area contributed by atoms with Gasteiger partial charge >= 0.3 is 5.97 Å². The molecule has 1 aromatic heterocycles. The lowest BCUT2D eigenvalue weighted by Crippen LogP contribution is -2.71. The van der Waals surface area contributed by atoms with Gasteiger partial charge in [-0.3, -0.25) is 19.1 Å². The number of thioether (sulfide) groups is 1. The molecule has 1 saturated heterocycles. The summed E-state index contributed by atoms with van der Waals surface area (Å²) in [5.41, 5.74) is 3.38. The van der Waals surface area contributed by atoms with Gasteiger partial charge in [0.25, 0.3) is 19.2 Å². The second kappa shape index (κ2) is 24.0. The monoisotopic (exact) mass is 1070 g/mol. The van der Waals surface area contributed by atoms with Crippen molar-refractivity contribution in [1.29, 1.82) is 0 Å². The molecule has 0 spiro atoms. The van der Waals surface area contributed by atoms with Crippen LogP contribution in [-0.4, -0.2) is 77.2 Å². The minimum absolute atomic E-state index is 0.0117. The lowest BCUT2D eigenvalue weighted by atomic mass is 9.77. The van der Waals surface area contributed by atoms with Gasteiger partial charge in [0, 0.05) is 42.7 Å². The molecule has 2 amide bonds. The fourth-order valence-corrected chi connectivity index (χ4v) is 12.9. The van der Waals surface area contributed by atoms with Crippen molar-refractivity contribution < 1.29 is 42.5 Å². The molecular weight excluding hydrogens is 1020 g/mol. The van der Waals surface area contributed by atoms with Crippen LogP contribution in [0.1, 0.15) is 48.2 Å². The summed E-state index contributed by atoms with van der Waals surface area (Å²) >= 11 is 2.68. The minimum atomic E-state index is -3.45. The molecule has 7 aromatic rings. The Balaban J connectivity index is 0.972. The number of rotatable bonds is 22. The zero-order valence-corrected chi connectivity index (χ0v) is 44.8. The Morgan fingerprint density at radius 2 is 1.33 bits per heavy atom. The number of thiazole rings is 1. The highest BCUT2D eigenvalue weighted by molar-refractivity contribution is 8.00. The highest BCUT2D eigenvalue weighted by Crippen LogP contribution is 2.46. The number of amides is 2. The van der Waals surface area contributed by atoms with Crippen molar-refractivity contribution in [2.45, 2.75) is 49.6 Å².